The number of hydrogen-bond donors (Lipinski definition) is 0. The van der Waals surface area contributed by atoms with Gasteiger partial charge in [-0.3, -0.25) is 0 Å². The third-order valence-electron chi connectivity index (χ3n) is 1.74. The van der Waals surface area contributed by atoms with Crippen LogP contribution in [0.1, 0.15) is 19.8 Å². The Balaban J connectivity index is 2.28. The first-order valence-corrected chi connectivity index (χ1v) is 6.34. The molecule has 0 unspecified atom stereocenters. The second-order valence-corrected chi connectivity index (χ2v) is 5.20. The molecule has 0 radical (unpaired) electrons. The molecule has 0 atom stereocenters. The van der Waals surface area contributed by atoms with Gasteiger partial charge in [-0.1, -0.05) is 22.0 Å². The van der Waals surface area contributed by atoms with Crippen molar-refractivity contribution in [1.29, 1.82) is 0 Å². The van der Waals surface area contributed by atoms with E-state index in [0.29, 0.717) is 6.42 Å². The third-order valence-corrected chi connectivity index (χ3v) is 3.31. The first kappa shape index (κ1) is 11.8. The third kappa shape index (κ3) is 4.82. The van der Waals surface area contributed by atoms with Crippen LogP contribution in [-0.2, 0) is 4.79 Å². The lowest BCUT2D eigenvalue weighted by molar-refractivity contribution is -0.117. The van der Waals surface area contributed by atoms with E-state index in [4.69, 9.17) is 0 Å². The lowest BCUT2D eigenvalue weighted by Gasteiger charge is -2.00. The number of thioether (sulfide) groups is 1. The maximum Gasteiger partial charge on any atom is 0.129 e. The standard InChI is InChI=1S/C11H13BrOS/c1-9(13)4-3-7-14-11-6-2-5-10(12)8-11/h2,5-6,8H,3-4,7H2,1H3. The molecule has 0 fully saturated rings. The monoisotopic (exact) mass is 272 g/mol. The molecule has 1 aromatic rings. The van der Waals surface area contributed by atoms with Crippen molar-refractivity contribution < 1.29 is 4.79 Å². The van der Waals surface area contributed by atoms with Crippen molar-refractivity contribution >= 4 is 33.5 Å². The Hall–Kier alpha value is -0.280. The lowest BCUT2D eigenvalue weighted by atomic mass is 10.3. The van der Waals surface area contributed by atoms with Crippen molar-refractivity contribution in [2.75, 3.05) is 5.75 Å². The second kappa shape index (κ2) is 6.25. The minimum absolute atomic E-state index is 0.278. The van der Waals surface area contributed by atoms with Crippen molar-refractivity contribution in [3.05, 3.63) is 28.7 Å². The van der Waals surface area contributed by atoms with Crippen molar-refractivity contribution in [2.24, 2.45) is 0 Å². The van der Waals surface area contributed by atoms with Crippen LogP contribution < -0.4 is 0 Å². The summed E-state index contributed by atoms with van der Waals surface area (Å²) in [6, 6.07) is 8.22. The molecule has 76 valence electrons. The van der Waals surface area contributed by atoms with Crippen LogP contribution in [0.3, 0.4) is 0 Å². The molecular formula is C11H13BrOS. The Morgan fingerprint density at radius 3 is 2.93 bits per heavy atom. The van der Waals surface area contributed by atoms with Crippen molar-refractivity contribution in [3.63, 3.8) is 0 Å². The summed E-state index contributed by atoms with van der Waals surface area (Å²) in [6.45, 7) is 1.64. The number of benzene rings is 1. The van der Waals surface area contributed by atoms with E-state index in [2.05, 4.69) is 28.1 Å². The van der Waals surface area contributed by atoms with E-state index < -0.39 is 0 Å². The van der Waals surface area contributed by atoms with Crippen LogP contribution in [0, 0.1) is 0 Å². The van der Waals surface area contributed by atoms with E-state index in [9.17, 15) is 4.79 Å². The first-order chi connectivity index (χ1) is 6.68. The summed E-state index contributed by atoms with van der Waals surface area (Å²) in [5, 5.41) is 0. The highest BCUT2D eigenvalue weighted by molar-refractivity contribution is 9.10. The van der Waals surface area contributed by atoms with Gasteiger partial charge in [-0.25, -0.2) is 0 Å². The van der Waals surface area contributed by atoms with Crippen molar-refractivity contribution in [3.8, 4) is 0 Å². The number of carbonyl (C=O) groups excluding carboxylic acids is 1. The van der Waals surface area contributed by atoms with E-state index in [-0.39, 0.29) is 5.78 Å². The zero-order chi connectivity index (χ0) is 10.4. The minimum Gasteiger partial charge on any atom is -0.300 e. The molecule has 0 N–H and O–H groups in total. The van der Waals surface area contributed by atoms with Crippen molar-refractivity contribution in [1.82, 2.24) is 0 Å². The molecular weight excluding hydrogens is 260 g/mol. The van der Waals surface area contributed by atoms with Crippen LogP contribution in [0.4, 0.5) is 0 Å². The minimum atomic E-state index is 0.278. The number of carbonyl (C=O) groups is 1. The topological polar surface area (TPSA) is 17.1 Å². The SMILES string of the molecule is CC(=O)CCCSc1cccc(Br)c1. The second-order valence-electron chi connectivity index (χ2n) is 3.11. The number of Topliss-reactive ketones (excluding diaryl/α,β-unsaturated/α-hetero) is 1. The number of rotatable bonds is 5. The first-order valence-electron chi connectivity index (χ1n) is 4.56. The maximum absolute atomic E-state index is 10.7. The fourth-order valence-electron chi connectivity index (χ4n) is 1.07. The fourth-order valence-corrected chi connectivity index (χ4v) is 2.53. The smallest absolute Gasteiger partial charge is 0.129 e. The molecule has 0 spiro atoms. The predicted octanol–water partition coefficient (Wildman–Crippen LogP) is 3.91. The average Bonchev–Trinajstić information content (AvgIpc) is 2.12. The molecule has 0 bridgehead atoms. The van der Waals surface area contributed by atoms with Gasteiger partial charge in [0.15, 0.2) is 0 Å². The van der Waals surface area contributed by atoms with Crippen LogP contribution in [-0.4, -0.2) is 11.5 Å². The van der Waals surface area contributed by atoms with E-state index in [1.807, 2.05) is 12.1 Å². The summed E-state index contributed by atoms with van der Waals surface area (Å²) >= 11 is 5.22. The Morgan fingerprint density at radius 2 is 2.29 bits per heavy atom. The molecule has 1 nitrogen and oxygen atoms in total. The molecule has 0 heterocycles. The van der Waals surface area contributed by atoms with Gasteiger partial charge >= 0.3 is 0 Å². The van der Waals surface area contributed by atoms with E-state index in [0.717, 1.165) is 16.6 Å². The van der Waals surface area contributed by atoms with Crippen LogP contribution >= 0.6 is 27.7 Å². The van der Waals surface area contributed by atoms with Gasteiger partial charge in [0.25, 0.3) is 0 Å². The highest BCUT2D eigenvalue weighted by Gasteiger charge is 1.96. The van der Waals surface area contributed by atoms with Gasteiger partial charge in [-0.15, -0.1) is 11.8 Å². The summed E-state index contributed by atoms with van der Waals surface area (Å²) in [5.41, 5.74) is 0. The van der Waals surface area contributed by atoms with E-state index in [1.54, 1.807) is 18.7 Å². The Labute approximate surface area is 97.4 Å². The molecule has 0 aliphatic carbocycles. The number of ketones is 1. The molecule has 1 rings (SSSR count). The Kier molecular flexibility index (Phi) is 5.26. The fraction of sp³-hybridized carbons (Fsp3) is 0.364. The zero-order valence-corrected chi connectivity index (χ0v) is 10.5. The van der Waals surface area contributed by atoms with E-state index in [1.165, 1.54) is 4.90 Å². The van der Waals surface area contributed by atoms with Gasteiger partial charge in [-0.2, -0.15) is 0 Å². The average molecular weight is 273 g/mol. The summed E-state index contributed by atoms with van der Waals surface area (Å²) in [4.78, 5) is 11.9. The Bertz CT molecular complexity index is 312. The highest BCUT2D eigenvalue weighted by atomic mass is 79.9. The van der Waals surface area contributed by atoms with E-state index >= 15 is 0 Å². The molecule has 0 aliphatic rings. The molecule has 1 aromatic carbocycles. The molecule has 0 amide bonds. The highest BCUT2D eigenvalue weighted by Crippen LogP contribution is 2.22. The molecule has 3 heteroatoms. The summed E-state index contributed by atoms with van der Waals surface area (Å²) < 4.78 is 1.11. The maximum atomic E-state index is 10.7. The number of halogens is 1. The van der Waals surface area contributed by atoms with Gasteiger partial charge in [0.05, 0.1) is 0 Å². The van der Waals surface area contributed by atoms with Crippen LogP contribution in [0.2, 0.25) is 0 Å². The summed E-state index contributed by atoms with van der Waals surface area (Å²) in [5.74, 6) is 1.29. The summed E-state index contributed by atoms with van der Waals surface area (Å²) in [7, 11) is 0. The molecule has 0 aromatic heterocycles. The van der Waals surface area contributed by atoms with Gasteiger partial charge < -0.3 is 4.79 Å². The number of hydrogen-bond acceptors (Lipinski definition) is 2. The van der Waals surface area contributed by atoms with Gasteiger partial charge in [0.1, 0.15) is 5.78 Å². The summed E-state index contributed by atoms with van der Waals surface area (Å²) in [6.07, 6.45) is 1.66. The molecule has 0 saturated heterocycles. The predicted molar refractivity (Wildman–Crippen MR) is 64.8 cm³/mol. The van der Waals surface area contributed by atoms with Crippen molar-refractivity contribution in [2.45, 2.75) is 24.7 Å². The van der Waals surface area contributed by atoms with Crippen LogP contribution in [0.25, 0.3) is 0 Å². The zero-order valence-electron chi connectivity index (χ0n) is 8.13. The van der Waals surface area contributed by atoms with Crippen LogP contribution in [0.15, 0.2) is 33.6 Å². The quantitative estimate of drug-likeness (QED) is 0.597. The van der Waals surface area contributed by atoms with Gasteiger partial charge in [0.2, 0.25) is 0 Å². The molecule has 14 heavy (non-hydrogen) atoms. The molecule has 0 aliphatic heterocycles. The Morgan fingerprint density at radius 1 is 1.50 bits per heavy atom. The van der Waals surface area contributed by atoms with Gasteiger partial charge in [-0.05, 0) is 37.3 Å². The normalized spacial score (nSPS) is 10.1. The molecule has 0 saturated carbocycles. The van der Waals surface area contributed by atoms with Gasteiger partial charge in [0, 0.05) is 15.8 Å². The lowest BCUT2D eigenvalue weighted by Crippen LogP contribution is -1.90. The largest absolute Gasteiger partial charge is 0.300 e. The van der Waals surface area contributed by atoms with Crippen LogP contribution in [0.5, 0.6) is 0 Å².